The molecule has 0 saturated carbocycles. The number of ether oxygens (including phenoxy) is 1. The molecule has 1 unspecified atom stereocenters. The third kappa shape index (κ3) is 3.78. The fraction of sp³-hybridized carbons (Fsp3) is 0.263. The molecule has 1 aliphatic rings. The predicted molar refractivity (Wildman–Crippen MR) is 90.6 cm³/mol. The molecule has 9 heteroatoms. The van der Waals surface area contributed by atoms with Gasteiger partial charge in [-0.15, -0.1) is 13.2 Å². The summed E-state index contributed by atoms with van der Waals surface area (Å²) in [6.45, 7) is 1.59. The minimum absolute atomic E-state index is 0.125. The number of nitrogens with one attached hydrogen (secondary N) is 1. The highest BCUT2D eigenvalue weighted by Gasteiger charge is 2.51. The van der Waals surface area contributed by atoms with Crippen LogP contribution in [0.15, 0.2) is 48.5 Å². The average molecular weight is 396 g/mol. The zero-order valence-corrected chi connectivity index (χ0v) is 14.7. The molecule has 3 amide bonds. The molecule has 2 aromatic carbocycles. The highest BCUT2D eigenvalue weighted by Crippen LogP contribution is 2.33. The first-order valence-electron chi connectivity index (χ1n) is 8.39. The van der Waals surface area contributed by atoms with Crippen molar-refractivity contribution >= 4 is 11.9 Å². The monoisotopic (exact) mass is 396 g/mol. The summed E-state index contributed by atoms with van der Waals surface area (Å²) >= 11 is 0. The smallest absolute Gasteiger partial charge is 0.406 e. The minimum Gasteiger partial charge on any atom is -0.406 e. The van der Waals surface area contributed by atoms with Crippen LogP contribution in [0.5, 0.6) is 5.75 Å². The van der Waals surface area contributed by atoms with Crippen molar-refractivity contribution in [3.63, 3.8) is 0 Å². The van der Waals surface area contributed by atoms with E-state index in [4.69, 9.17) is 0 Å². The van der Waals surface area contributed by atoms with Crippen LogP contribution in [0.1, 0.15) is 24.5 Å². The summed E-state index contributed by atoms with van der Waals surface area (Å²) in [5.41, 5.74) is -0.417. The standard InChI is InChI=1S/C19H16F4N2O3/c1-2-18(13-5-7-14(20)8-6-13)16(26)25(17(27)24-18)11-12-3-9-15(10-4-12)28-19(21,22)23/h3-10H,2,11H2,1H3,(H,24,27). The summed E-state index contributed by atoms with van der Waals surface area (Å²) in [6.07, 6.45) is -4.56. The molecule has 148 valence electrons. The van der Waals surface area contributed by atoms with Gasteiger partial charge >= 0.3 is 12.4 Å². The number of urea groups is 1. The molecule has 28 heavy (non-hydrogen) atoms. The quantitative estimate of drug-likeness (QED) is 0.612. The Morgan fingerprint density at radius 1 is 1.04 bits per heavy atom. The first-order chi connectivity index (χ1) is 13.1. The lowest BCUT2D eigenvalue weighted by molar-refractivity contribution is -0.274. The summed E-state index contributed by atoms with van der Waals surface area (Å²) in [6, 6.07) is 9.53. The Bertz CT molecular complexity index is 882. The van der Waals surface area contributed by atoms with Crippen molar-refractivity contribution in [2.75, 3.05) is 0 Å². The van der Waals surface area contributed by atoms with Crippen molar-refractivity contribution in [2.24, 2.45) is 0 Å². The molecule has 5 nitrogen and oxygen atoms in total. The van der Waals surface area contributed by atoms with Gasteiger partial charge in [-0.25, -0.2) is 9.18 Å². The Labute approximate surface area is 157 Å². The van der Waals surface area contributed by atoms with Crippen LogP contribution in [0, 0.1) is 5.82 Å². The molecule has 0 aliphatic carbocycles. The van der Waals surface area contributed by atoms with E-state index in [0.717, 1.165) is 17.0 Å². The zero-order valence-electron chi connectivity index (χ0n) is 14.7. The van der Waals surface area contributed by atoms with E-state index < -0.39 is 35.4 Å². The summed E-state index contributed by atoms with van der Waals surface area (Å²) in [4.78, 5) is 26.4. The topological polar surface area (TPSA) is 58.6 Å². The summed E-state index contributed by atoms with van der Waals surface area (Å²) in [5, 5.41) is 2.66. The van der Waals surface area contributed by atoms with E-state index in [1.165, 1.54) is 36.4 Å². The van der Waals surface area contributed by atoms with E-state index in [9.17, 15) is 27.2 Å². The van der Waals surface area contributed by atoms with Crippen molar-refractivity contribution in [2.45, 2.75) is 31.8 Å². The number of amides is 3. The molecule has 1 saturated heterocycles. The fourth-order valence-corrected chi connectivity index (χ4v) is 3.12. The van der Waals surface area contributed by atoms with Gasteiger partial charge in [0.1, 0.15) is 17.1 Å². The van der Waals surface area contributed by atoms with Crippen molar-refractivity contribution in [3.05, 3.63) is 65.5 Å². The van der Waals surface area contributed by atoms with Crippen molar-refractivity contribution < 1.29 is 31.9 Å². The molecule has 1 heterocycles. The van der Waals surface area contributed by atoms with Crippen LogP contribution >= 0.6 is 0 Å². The number of hydrogen-bond acceptors (Lipinski definition) is 3. The van der Waals surface area contributed by atoms with Gasteiger partial charge in [0.05, 0.1) is 6.54 Å². The number of nitrogens with zero attached hydrogens (tertiary/aromatic N) is 1. The van der Waals surface area contributed by atoms with Gasteiger partial charge in [-0.05, 0) is 41.8 Å². The van der Waals surface area contributed by atoms with Gasteiger partial charge in [0.15, 0.2) is 0 Å². The van der Waals surface area contributed by atoms with Gasteiger partial charge in [-0.1, -0.05) is 31.2 Å². The second kappa shape index (κ2) is 7.14. The molecule has 1 atom stereocenters. The Hall–Kier alpha value is -3.10. The lowest BCUT2D eigenvalue weighted by atomic mass is 9.87. The Morgan fingerprint density at radius 2 is 1.64 bits per heavy atom. The van der Waals surface area contributed by atoms with Crippen LogP contribution in [-0.2, 0) is 16.9 Å². The molecule has 0 radical (unpaired) electrons. The van der Waals surface area contributed by atoms with Gasteiger partial charge in [-0.2, -0.15) is 0 Å². The SMILES string of the molecule is CCC1(c2ccc(F)cc2)NC(=O)N(Cc2ccc(OC(F)(F)F)cc2)C1=O. The van der Waals surface area contributed by atoms with E-state index in [-0.39, 0.29) is 13.0 Å². The van der Waals surface area contributed by atoms with E-state index in [2.05, 4.69) is 10.1 Å². The average Bonchev–Trinajstić information content (AvgIpc) is 2.88. The fourth-order valence-electron chi connectivity index (χ4n) is 3.12. The van der Waals surface area contributed by atoms with Gasteiger partial charge in [0.2, 0.25) is 0 Å². The minimum atomic E-state index is -4.80. The predicted octanol–water partition coefficient (Wildman–Crippen LogP) is 4.08. The van der Waals surface area contributed by atoms with Crippen LogP contribution in [0.2, 0.25) is 0 Å². The lowest BCUT2D eigenvalue weighted by Crippen LogP contribution is -2.43. The molecule has 0 spiro atoms. The molecule has 0 bridgehead atoms. The van der Waals surface area contributed by atoms with E-state index >= 15 is 0 Å². The highest BCUT2D eigenvalue weighted by molar-refractivity contribution is 6.07. The highest BCUT2D eigenvalue weighted by atomic mass is 19.4. The number of carbonyl (C=O) groups excluding carboxylic acids is 2. The maximum atomic E-state index is 13.2. The van der Waals surface area contributed by atoms with Crippen molar-refractivity contribution in [1.82, 2.24) is 10.2 Å². The first kappa shape index (κ1) is 19.7. The maximum absolute atomic E-state index is 13.2. The number of hydrogen-bond donors (Lipinski definition) is 1. The maximum Gasteiger partial charge on any atom is 0.573 e. The molecule has 3 rings (SSSR count). The number of carbonyl (C=O) groups is 2. The molecular weight excluding hydrogens is 380 g/mol. The summed E-state index contributed by atoms with van der Waals surface area (Å²) in [7, 11) is 0. The Balaban J connectivity index is 1.81. The van der Waals surface area contributed by atoms with Crippen LogP contribution in [-0.4, -0.2) is 23.2 Å². The number of imide groups is 1. The molecule has 1 N–H and O–H groups in total. The van der Waals surface area contributed by atoms with Crippen LogP contribution < -0.4 is 10.1 Å². The molecule has 1 aliphatic heterocycles. The van der Waals surface area contributed by atoms with Gasteiger partial charge < -0.3 is 10.1 Å². The molecular formula is C19H16F4N2O3. The normalized spacial score (nSPS) is 19.7. The van der Waals surface area contributed by atoms with Crippen LogP contribution in [0.25, 0.3) is 0 Å². The Kier molecular flexibility index (Phi) is 5.01. The molecule has 1 fully saturated rings. The first-order valence-corrected chi connectivity index (χ1v) is 8.39. The van der Waals surface area contributed by atoms with Crippen LogP contribution in [0.3, 0.4) is 0 Å². The van der Waals surface area contributed by atoms with Crippen molar-refractivity contribution in [3.8, 4) is 5.75 Å². The lowest BCUT2D eigenvalue weighted by Gasteiger charge is -2.25. The summed E-state index contributed by atoms with van der Waals surface area (Å²) < 4.78 is 53.7. The van der Waals surface area contributed by atoms with E-state index in [1.807, 2.05) is 0 Å². The van der Waals surface area contributed by atoms with Gasteiger partial charge in [0, 0.05) is 0 Å². The summed E-state index contributed by atoms with van der Waals surface area (Å²) in [5.74, 6) is -1.38. The molecule has 2 aromatic rings. The third-order valence-electron chi connectivity index (χ3n) is 4.54. The number of rotatable bonds is 5. The number of benzene rings is 2. The number of alkyl halides is 3. The number of halogens is 4. The van der Waals surface area contributed by atoms with Gasteiger partial charge in [-0.3, -0.25) is 9.69 Å². The Morgan fingerprint density at radius 3 is 2.18 bits per heavy atom. The van der Waals surface area contributed by atoms with E-state index in [0.29, 0.717) is 11.1 Å². The zero-order chi connectivity index (χ0) is 20.5. The molecule has 0 aromatic heterocycles. The second-order valence-corrected chi connectivity index (χ2v) is 6.28. The second-order valence-electron chi connectivity index (χ2n) is 6.28. The third-order valence-corrected chi connectivity index (χ3v) is 4.54. The van der Waals surface area contributed by atoms with E-state index in [1.54, 1.807) is 6.92 Å². The largest absolute Gasteiger partial charge is 0.573 e. The van der Waals surface area contributed by atoms with Crippen molar-refractivity contribution in [1.29, 1.82) is 0 Å². The van der Waals surface area contributed by atoms with Crippen LogP contribution in [0.4, 0.5) is 22.4 Å². The van der Waals surface area contributed by atoms with Gasteiger partial charge in [0.25, 0.3) is 5.91 Å².